The van der Waals surface area contributed by atoms with Gasteiger partial charge in [0.2, 0.25) is 11.8 Å². The zero-order valence-corrected chi connectivity index (χ0v) is 20.7. The molecule has 1 atom stereocenters. The van der Waals surface area contributed by atoms with Gasteiger partial charge in [0, 0.05) is 23.9 Å². The summed E-state index contributed by atoms with van der Waals surface area (Å²) in [5, 5.41) is 3.68. The van der Waals surface area contributed by atoms with Crippen LogP contribution in [0.25, 0.3) is 0 Å². The van der Waals surface area contributed by atoms with Crippen molar-refractivity contribution in [3.05, 3.63) is 64.7 Å². The van der Waals surface area contributed by atoms with E-state index in [1.807, 2.05) is 55.5 Å². The molecule has 2 amide bonds. The summed E-state index contributed by atoms with van der Waals surface area (Å²) in [6, 6.07) is 14.7. The molecular formula is C25H33ClN2O3S. The number of amides is 2. The number of carbonyl (C=O) groups is 2. The second-order valence-corrected chi connectivity index (χ2v) is 8.92. The van der Waals surface area contributed by atoms with Gasteiger partial charge in [-0.05, 0) is 42.2 Å². The molecule has 0 aliphatic carbocycles. The van der Waals surface area contributed by atoms with Crippen LogP contribution in [0.2, 0.25) is 5.02 Å². The number of methoxy groups -OCH3 is 1. The first kappa shape index (κ1) is 26.1. The monoisotopic (exact) mass is 476 g/mol. The molecule has 0 saturated heterocycles. The Morgan fingerprint density at radius 1 is 1.16 bits per heavy atom. The molecule has 0 aromatic heterocycles. The van der Waals surface area contributed by atoms with Crippen molar-refractivity contribution in [2.75, 3.05) is 19.4 Å². The van der Waals surface area contributed by atoms with E-state index in [1.165, 1.54) is 11.8 Å². The third kappa shape index (κ3) is 8.06. The van der Waals surface area contributed by atoms with Gasteiger partial charge in [-0.1, -0.05) is 62.2 Å². The van der Waals surface area contributed by atoms with Crippen LogP contribution in [0, 0.1) is 0 Å². The molecular weight excluding hydrogens is 444 g/mol. The smallest absolute Gasteiger partial charge is 0.242 e. The SMILES string of the molecule is CCCCNC(=O)C(CC)N(Cc1cccc(OC)c1)C(=O)CSCc1ccccc1Cl. The maximum absolute atomic E-state index is 13.3. The molecule has 0 bridgehead atoms. The molecule has 0 aliphatic heterocycles. The van der Waals surface area contributed by atoms with E-state index in [4.69, 9.17) is 16.3 Å². The van der Waals surface area contributed by atoms with Gasteiger partial charge in [-0.15, -0.1) is 11.8 Å². The van der Waals surface area contributed by atoms with Crippen molar-refractivity contribution in [3.63, 3.8) is 0 Å². The fraction of sp³-hybridized carbons (Fsp3) is 0.440. The molecule has 0 radical (unpaired) electrons. The normalized spacial score (nSPS) is 11.6. The Balaban J connectivity index is 2.14. The Labute approximate surface area is 200 Å². The summed E-state index contributed by atoms with van der Waals surface area (Å²) >= 11 is 7.74. The van der Waals surface area contributed by atoms with E-state index in [0.717, 1.165) is 29.7 Å². The summed E-state index contributed by atoms with van der Waals surface area (Å²) in [4.78, 5) is 27.9. The predicted molar refractivity (Wildman–Crippen MR) is 133 cm³/mol. The Kier molecular flexibility index (Phi) is 11.5. The number of benzene rings is 2. The fourth-order valence-electron chi connectivity index (χ4n) is 3.34. The van der Waals surface area contributed by atoms with Gasteiger partial charge in [-0.25, -0.2) is 0 Å². The van der Waals surface area contributed by atoms with Crippen molar-refractivity contribution in [1.29, 1.82) is 0 Å². The lowest BCUT2D eigenvalue weighted by atomic mass is 10.1. The van der Waals surface area contributed by atoms with Crippen LogP contribution in [0.3, 0.4) is 0 Å². The number of hydrogen-bond donors (Lipinski definition) is 1. The van der Waals surface area contributed by atoms with E-state index < -0.39 is 6.04 Å². The maximum atomic E-state index is 13.3. The first-order valence-corrected chi connectivity index (χ1v) is 12.5. The van der Waals surface area contributed by atoms with Crippen LogP contribution in [-0.4, -0.2) is 42.2 Å². The molecule has 32 heavy (non-hydrogen) atoms. The summed E-state index contributed by atoms with van der Waals surface area (Å²) in [6.45, 7) is 4.99. The zero-order valence-electron chi connectivity index (χ0n) is 19.1. The zero-order chi connectivity index (χ0) is 23.3. The van der Waals surface area contributed by atoms with Gasteiger partial charge >= 0.3 is 0 Å². The molecule has 0 fully saturated rings. The van der Waals surface area contributed by atoms with Crippen molar-refractivity contribution in [3.8, 4) is 5.75 Å². The van der Waals surface area contributed by atoms with Gasteiger partial charge in [0.15, 0.2) is 0 Å². The molecule has 1 N–H and O–H groups in total. The number of nitrogens with zero attached hydrogens (tertiary/aromatic N) is 1. The topological polar surface area (TPSA) is 58.6 Å². The number of halogens is 1. The quantitative estimate of drug-likeness (QED) is 0.398. The minimum atomic E-state index is -0.522. The first-order valence-electron chi connectivity index (χ1n) is 11.0. The fourth-order valence-corrected chi connectivity index (χ4v) is 4.54. The summed E-state index contributed by atoms with van der Waals surface area (Å²) in [5.74, 6) is 1.46. The summed E-state index contributed by atoms with van der Waals surface area (Å²) in [7, 11) is 1.61. The van der Waals surface area contributed by atoms with Crippen molar-refractivity contribution in [2.24, 2.45) is 0 Å². The van der Waals surface area contributed by atoms with Crippen LogP contribution >= 0.6 is 23.4 Å². The molecule has 174 valence electrons. The second kappa shape index (κ2) is 14.1. The Morgan fingerprint density at radius 3 is 2.62 bits per heavy atom. The lowest BCUT2D eigenvalue weighted by Crippen LogP contribution is -2.49. The minimum absolute atomic E-state index is 0.0673. The van der Waals surface area contributed by atoms with Crippen LogP contribution in [0.15, 0.2) is 48.5 Å². The number of ether oxygens (including phenoxy) is 1. The summed E-state index contributed by atoms with van der Waals surface area (Å²) in [5.41, 5.74) is 1.92. The van der Waals surface area contributed by atoms with Gasteiger partial charge in [-0.2, -0.15) is 0 Å². The Morgan fingerprint density at radius 2 is 1.94 bits per heavy atom. The molecule has 5 nitrogen and oxygen atoms in total. The average molecular weight is 477 g/mol. The minimum Gasteiger partial charge on any atom is -0.497 e. The number of carbonyl (C=O) groups excluding carboxylic acids is 2. The second-order valence-electron chi connectivity index (χ2n) is 7.53. The maximum Gasteiger partial charge on any atom is 0.242 e. The Hall–Kier alpha value is -2.18. The molecule has 2 rings (SSSR count). The highest BCUT2D eigenvalue weighted by Crippen LogP contribution is 2.22. The van der Waals surface area contributed by atoms with Crippen LogP contribution in [0.4, 0.5) is 0 Å². The molecule has 7 heteroatoms. The van der Waals surface area contributed by atoms with E-state index in [1.54, 1.807) is 12.0 Å². The lowest BCUT2D eigenvalue weighted by Gasteiger charge is -2.30. The lowest BCUT2D eigenvalue weighted by molar-refractivity contribution is -0.139. The molecule has 1 unspecified atom stereocenters. The molecule has 2 aromatic rings. The highest BCUT2D eigenvalue weighted by Gasteiger charge is 2.28. The van der Waals surface area contributed by atoms with E-state index in [2.05, 4.69) is 12.2 Å². The highest BCUT2D eigenvalue weighted by atomic mass is 35.5. The van der Waals surface area contributed by atoms with Crippen molar-refractivity contribution >= 4 is 35.2 Å². The third-order valence-corrected chi connectivity index (χ3v) is 6.48. The van der Waals surface area contributed by atoms with Crippen molar-refractivity contribution in [2.45, 2.75) is 51.4 Å². The van der Waals surface area contributed by atoms with Crippen LogP contribution in [0.5, 0.6) is 5.75 Å². The van der Waals surface area contributed by atoms with Gasteiger partial charge in [0.05, 0.1) is 12.9 Å². The standard InChI is InChI=1S/C25H33ClN2O3S/c1-4-6-14-27-25(30)23(5-2)28(16-19-10-9-12-21(15-19)31-3)24(29)18-32-17-20-11-7-8-13-22(20)26/h7-13,15,23H,4-6,14,16-18H2,1-3H3,(H,27,30). The Bertz CT molecular complexity index is 878. The number of thioether (sulfide) groups is 1. The number of rotatable bonds is 13. The van der Waals surface area contributed by atoms with Crippen LogP contribution in [0.1, 0.15) is 44.2 Å². The van der Waals surface area contributed by atoms with E-state index in [0.29, 0.717) is 30.3 Å². The molecule has 0 saturated carbocycles. The molecule has 0 heterocycles. The van der Waals surface area contributed by atoms with Gasteiger partial charge < -0.3 is 15.0 Å². The number of unbranched alkanes of at least 4 members (excludes halogenated alkanes) is 1. The number of hydrogen-bond acceptors (Lipinski definition) is 4. The molecule has 0 aliphatic rings. The first-order chi connectivity index (χ1) is 15.5. The highest BCUT2D eigenvalue weighted by molar-refractivity contribution is 7.99. The average Bonchev–Trinajstić information content (AvgIpc) is 2.80. The largest absolute Gasteiger partial charge is 0.497 e. The summed E-state index contributed by atoms with van der Waals surface area (Å²) in [6.07, 6.45) is 2.46. The van der Waals surface area contributed by atoms with E-state index in [9.17, 15) is 9.59 Å². The van der Waals surface area contributed by atoms with Gasteiger partial charge in [0.1, 0.15) is 11.8 Å². The molecule has 0 spiro atoms. The van der Waals surface area contributed by atoms with Gasteiger partial charge in [-0.3, -0.25) is 9.59 Å². The van der Waals surface area contributed by atoms with Crippen molar-refractivity contribution in [1.82, 2.24) is 10.2 Å². The molecule has 2 aromatic carbocycles. The third-order valence-electron chi connectivity index (χ3n) is 5.14. The summed E-state index contributed by atoms with van der Waals surface area (Å²) < 4.78 is 5.32. The van der Waals surface area contributed by atoms with E-state index in [-0.39, 0.29) is 17.6 Å². The van der Waals surface area contributed by atoms with Crippen molar-refractivity contribution < 1.29 is 14.3 Å². The van der Waals surface area contributed by atoms with E-state index >= 15 is 0 Å². The van der Waals surface area contributed by atoms with Crippen LogP contribution in [-0.2, 0) is 21.9 Å². The predicted octanol–water partition coefficient (Wildman–Crippen LogP) is 5.31. The number of nitrogens with one attached hydrogen (secondary N) is 1. The van der Waals surface area contributed by atoms with Gasteiger partial charge in [0.25, 0.3) is 0 Å². The van der Waals surface area contributed by atoms with Crippen LogP contribution < -0.4 is 10.1 Å².